The summed E-state index contributed by atoms with van der Waals surface area (Å²) in [6.45, 7) is 8.97. The highest BCUT2D eigenvalue weighted by molar-refractivity contribution is 5.75. The Morgan fingerprint density at radius 3 is 2.32 bits per heavy atom. The van der Waals surface area contributed by atoms with E-state index in [1.807, 2.05) is 12.1 Å². The highest BCUT2D eigenvalue weighted by atomic mass is 16.5. The fourth-order valence-corrected chi connectivity index (χ4v) is 2.58. The first kappa shape index (κ1) is 18.5. The van der Waals surface area contributed by atoms with Crippen LogP contribution in [-0.2, 0) is 4.79 Å². The Balaban J connectivity index is 2.76. The molecule has 0 spiro atoms. The van der Waals surface area contributed by atoms with Gasteiger partial charge in [0.2, 0.25) is 5.91 Å². The van der Waals surface area contributed by atoms with Crippen LogP contribution < -0.4 is 10.1 Å². The van der Waals surface area contributed by atoms with Crippen molar-refractivity contribution in [2.45, 2.75) is 46.1 Å². The average Bonchev–Trinajstić information content (AvgIpc) is 2.56. The summed E-state index contributed by atoms with van der Waals surface area (Å²) >= 11 is 0. The maximum Gasteiger partial charge on any atom is 0.220 e. The van der Waals surface area contributed by atoms with Crippen molar-refractivity contribution in [3.8, 4) is 5.75 Å². The molecule has 0 saturated carbocycles. The quantitative estimate of drug-likeness (QED) is 0.720. The second-order valence-corrected chi connectivity index (χ2v) is 5.42. The highest BCUT2D eigenvalue weighted by Gasteiger charge is 2.18. The Labute approximate surface area is 134 Å². The molecule has 0 radical (unpaired) electrons. The molecule has 1 unspecified atom stereocenters. The first-order valence-corrected chi connectivity index (χ1v) is 8.30. The lowest BCUT2D eigenvalue weighted by atomic mass is 10.0. The van der Waals surface area contributed by atoms with Crippen molar-refractivity contribution in [1.82, 2.24) is 10.2 Å². The minimum absolute atomic E-state index is 0.146. The van der Waals surface area contributed by atoms with E-state index in [2.05, 4.69) is 43.1 Å². The Hall–Kier alpha value is -1.55. The molecule has 1 aromatic carbocycles. The first-order chi connectivity index (χ1) is 10.7. The SMILES string of the molecule is CCCCC(=O)NCC(c1ccc(OC)cc1)N(CC)CC. The maximum absolute atomic E-state index is 11.9. The second-order valence-electron chi connectivity index (χ2n) is 5.42. The number of ether oxygens (including phenoxy) is 1. The van der Waals surface area contributed by atoms with Crippen LogP contribution in [0, 0.1) is 0 Å². The van der Waals surface area contributed by atoms with Gasteiger partial charge in [0.25, 0.3) is 0 Å². The van der Waals surface area contributed by atoms with Crippen LogP contribution in [0.5, 0.6) is 5.75 Å². The number of amides is 1. The fraction of sp³-hybridized carbons (Fsp3) is 0.611. The van der Waals surface area contributed by atoms with Crippen LogP contribution in [0.3, 0.4) is 0 Å². The second kappa shape index (κ2) is 10.2. The molecule has 0 bridgehead atoms. The summed E-state index contributed by atoms with van der Waals surface area (Å²) in [5.41, 5.74) is 1.21. The monoisotopic (exact) mass is 306 g/mol. The molecule has 0 fully saturated rings. The van der Waals surface area contributed by atoms with Gasteiger partial charge in [-0.3, -0.25) is 9.69 Å². The van der Waals surface area contributed by atoms with Crippen molar-refractivity contribution < 1.29 is 9.53 Å². The molecule has 4 nitrogen and oxygen atoms in total. The van der Waals surface area contributed by atoms with Gasteiger partial charge >= 0.3 is 0 Å². The van der Waals surface area contributed by atoms with Gasteiger partial charge in [-0.25, -0.2) is 0 Å². The smallest absolute Gasteiger partial charge is 0.220 e. The summed E-state index contributed by atoms with van der Waals surface area (Å²) in [5.74, 6) is 1.00. The summed E-state index contributed by atoms with van der Waals surface area (Å²) in [6.07, 6.45) is 2.61. The predicted octanol–water partition coefficient (Wildman–Crippen LogP) is 3.38. The molecule has 4 heteroatoms. The molecule has 1 N–H and O–H groups in total. The lowest BCUT2D eigenvalue weighted by Gasteiger charge is -2.30. The highest BCUT2D eigenvalue weighted by Crippen LogP contribution is 2.22. The lowest BCUT2D eigenvalue weighted by Crippen LogP contribution is -2.38. The summed E-state index contributed by atoms with van der Waals surface area (Å²) in [4.78, 5) is 14.3. The van der Waals surface area contributed by atoms with E-state index in [9.17, 15) is 4.79 Å². The third-order valence-corrected chi connectivity index (χ3v) is 4.00. The minimum atomic E-state index is 0.146. The standard InChI is InChI=1S/C18H30N2O2/c1-5-8-9-18(21)19-14-17(20(6-2)7-3)15-10-12-16(22-4)13-11-15/h10-13,17H,5-9,14H2,1-4H3,(H,19,21). The van der Waals surface area contributed by atoms with Crippen molar-refractivity contribution in [1.29, 1.82) is 0 Å². The van der Waals surface area contributed by atoms with Crippen LogP contribution in [-0.4, -0.2) is 37.6 Å². The number of hydrogen-bond acceptors (Lipinski definition) is 3. The van der Waals surface area contributed by atoms with E-state index < -0.39 is 0 Å². The Bertz CT molecular complexity index is 427. The Morgan fingerprint density at radius 1 is 1.18 bits per heavy atom. The van der Waals surface area contributed by atoms with Gasteiger partial charge in [-0.1, -0.05) is 39.3 Å². The van der Waals surface area contributed by atoms with E-state index >= 15 is 0 Å². The van der Waals surface area contributed by atoms with Crippen molar-refractivity contribution in [3.05, 3.63) is 29.8 Å². The van der Waals surface area contributed by atoms with Crippen LogP contribution in [0.15, 0.2) is 24.3 Å². The van der Waals surface area contributed by atoms with Gasteiger partial charge < -0.3 is 10.1 Å². The number of unbranched alkanes of at least 4 members (excludes halogenated alkanes) is 1. The van der Waals surface area contributed by atoms with E-state index in [4.69, 9.17) is 4.74 Å². The maximum atomic E-state index is 11.9. The summed E-state index contributed by atoms with van der Waals surface area (Å²) in [7, 11) is 1.67. The number of likely N-dealkylation sites (N-methyl/N-ethyl adjacent to an activating group) is 1. The van der Waals surface area contributed by atoms with Crippen LogP contribution in [0.25, 0.3) is 0 Å². The third kappa shape index (κ3) is 5.68. The molecule has 0 aromatic heterocycles. The van der Waals surface area contributed by atoms with Crippen molar-refractivity contribution >= 4 is 5.91 Å². The number of hydrogen-bond donors (Lipinski definition) is 1. The molecule has 1 atom stereocenters. The van der Waals surface area contributed by atoms with E-state index in [1.165, 1.54) is 5.56 Å². The zero-order valence-electron chi connectivity index (χ0n) is 14.4. The molecule has 0 heterocycles. The molecule has 0 aliphatic heterocycles. The molecule has 1 aromatic rings. The molecule has 22 heavy (non-hydrogen) atoms. The molecule has 0 saturated heterocycles. The fourth-order valence-electron chi connectivity index (χ4n) is 2.58. The normalized spacial score (nSPS) is 12.2. The molecule has 0 aliphatic carbocycles. The van der Waals surface area contributed by atoms with Gasteiger partial charge in [-0.05, 0) is 37.2 Å². The molecule has 1 amide bonds. The lowest BCUT2D eigenvalue weighted by molar-refractivity contribution is -0.121. The number of nitrogens with zero attached hydrogens (tertiary/aromatic N) is 1. The minimum Gasteiger partial charge on any atom is -0.497 e. The molecular formula is C18H30N2O2. The Morgan fingerprint density at radius 2 is 1.82 bits per heavy atom. The van der Waals surface area contributed by atoms with Crippen molar-refractivity contribution in [2.24, 2.45) is 0 Å². The number of nitrogens with one attached hydrogen (secondary N) is 1. The number of carbonyl (C=O) groups is 1. The van der Waals surface area contributed by atoms with E-state index in [-0.39, 0.29) is 11.9 Å². The van der Waals surface area contributed by atoms with E-state index in [0.717, 1.165) is 31.7 Å². The van der Waals surface area contributed by atoms with Crippen LogP contribution >= 0.6 is 0 Å². The molecule has 1 rings (SSSR count). The molecular weight excluding hydrogens is 276 g/mol. The van der Waals surface area contributed by atoms with Gasteiger partial charge in [-0.2, -0.15) is 0 Å². The van der Waals surface area contributed by atoms with Crippen molar-refractivity contribution in [3.63, 3.8) is 0 Å². The number of rotatable bonds is 10. The Kier molecular flexibility index (Phi) is 8.60. The van der Waals surface area contributed by atoms with Gasteiger partial charge in [0.1, 0.15) is 5.75 Å². The van der Waals surface area contributed by atoms with Gasteiger partial charge in [0.05, 0.1) is 13.2 Å². The first-order valence-electron chi connectivity index (χ1n) is 8.30. The van der Waals surface area contributed by atoms with Crippen LogP contribution in [0.4, 0.5) is 0 Å². The van der Waals surface area contributed by atoms with E-state index in [0.29, 0.717) is 13.0 Å². The number of carbonyl (C=O) groups excluding carboxylic acids is 1. The largest absolute Gasteiger partial charge is 0.497 e. The van der Waals surface area contributed by atoms with Gasteiger partial charge in [0, 0.05) is 13.0 Å². The zero-order valence-corrected chi connectivity index (χ0v) is 14.4. The third-order valence-electron chi connectivity index (χ3n) is 4.00. The summed E-state index contributed by atoms with van der Waals surface area (Å²) in [6, 6.07) is 8.32. The van der Waals surface area contributed by atoms with Crippen LogP contribution in [0.2, 0.25) is 0 Å². The molecule has 124 valence electrons. The number of benzene rings is 1. The topological polar surface area (TPSA) is 41.6 Å². The zero-order chi connectivity index (χ0) is 16.4. The number of methoxy groups -OCH3 is 1. The van der Waals surface area contributed by atoms with E-state index in [1.54, 1.807) is 7.11 Å². The van der Waals surface area contributed by atoms with Gasteiger partial charge in [-0.15, -0.1) is 0 Å². The van der Waals surface area contributed by atoms with Crippen LogP contribution in [0.1, 0.15) is 51.6 Å². The average molecular weight is 306 g/mol. The summed E-state index contributed by atoms with van der Waals surface area (Å²) < 4.78 is 5.22. The summed E-state index contributed by atoms with van der Waals surface area (Å²) in [5, 5.41) is 3.08. The van der Waals surface area contributed by atoms with Crippen molar-refractivity contribution in [2.75, 3.05) is 26.7 Å². The van der Waals surface area contributed by atoms with Gasteiger partial charge in [0.15, 0.2) is 0 Å². The molecule has 0 aliphatic rings. The predicted molar refractivity (Wildman–Crippen MR) is 91.2 cm³/mol.